The summed E-state index contributed by atoms with van der Waals surface area (Å²) in [5, 5.41) is 0. The van der Waals surface area contributed by atoms with Gasteiger partial charge in [0.1, 0.15) is 12.0 Å². The zero-order valence-electron chi connectivity index (χ0n) is 21.8. The van der Waals surface area contributed by atoms with Gasteiger partial charge in [0, 0.05) is 11.8 Å². The molecule has 0 radical (unpaired) electrons. The molecule has 3 aliphatic carbocycles. The Bertz CT molecular complexity index is 1040. The Hall–Kier alpha value is -2.62. The molecule has 0 N–H and O–H groups in total. The highest BCUT2D eigenvalue weighted by molar-refractivity contribution is 5.92. The molecule has 192 valence electrons. The number of methoxy groups -OCH3 is 1. The highest BCUT2D eigenvalue weighted by atomic mass is 16.6. The maximum atomic E-state index is 13.8. The van der Waals surface area contributed by atoms with Crippen LogP contribution in [0.4, 0.5) is 0 Å². The van der Waals surface area contributed by atoms with Gasteiger partial charge in [0.25, 0.3) is 0 Å². The molecule has 36 heavy (non-hydrogen) atoms. The number of ether oxygens (including phenoxy) is 2. The number of hydrogen-bond donors (Lipinski definition) is 0. The van der Waals surface area contributed by atoms with E-state index >= 15 is 0 Å². The smallest absolute Gasteiger partial charge is 0.314 e. The zero-order chi connectivity index (χ0) is 25.1. The molecule has 0 aromatic heterocycles. The fourth-order valence-electron chi connectivity index (χ4n) is 7.40. The lowest BCUT2D eigenvalue weighted by atomic mass is 9.48. The second-order valence-corrected chi connectivity index (χ2v) is 11.0. The van der Waals surface area contributed by atoms with Crippen LogP contribution in [-0.4, -0.2) is 25.2 Å². The van der Waals surface area contributed by atoms with Gasteiger partial charge in [0.2, 0.25) is 0 Å². The zero-order valence-corrected chi connectivity index (χ0v) is 21.8. The minimum atomic E-state index is -0.898. The first-order valence-electron chi connectivity index (χ1n) is 14.1. The molecule has 2 aromatic rings. The van der Waals surface area contributed by atoms with Gasteiger partial charge >= 0.3 is 11.9 Å². The van der Waals surface area contributed by atoms with Crippen molar-refractivity contribution in [3.05, 3.63) is 70.8 Å². The van der Waals surface area contributed by atoms with E-state index < -0.39 is 17.4 Å². The molecule has 1 spiro atoms. The number of cyclic esters (lactones) is 1. The number of esters is 2. The minimum absolute atomic E-state index is 0.0913. The molecule has 2 bridgehead atoms. The Morgan fingerprint density at radius 2 is 1.39 bits per heavy atom. The number of benzene rings is 2. The Balaban J connectivity index is 1.36. The molecule has 0 amide bonds. The molecule has 1 aliphatic heterocycles. The van der Waals surface area contributed by atoms with Crippen LogP contribution in [0.15, 0.2) is 48.5 Å². The molecule has 4 heteroatoms. The van der Waals surface area contributed by atoms with E-state index in [1.165, 1.54) is 74.3 Å². The van der Waals surface area contributed by atoms with Crippen LogP contribution in [0, 0.1) is 11.3 Å². The van der Waals surface area contributed by atoms with Crippen LogP contribution < -0.4 is 0 Å². The summed E-state index contributed by atoms with van der Waals surface area (Å²) in [6.45, 7) is 2.25. The predicted molar refractivity (Wildman–Crippen MR) is 141 cm³/mol. The van der Waals surface area contributed by atoms with Crippen molar-refractivity contribution in [2.24, 2.45) is 11.3 Å². The quantitative estimate of drug-likeness (QED) is 0.246. The SMILES string of the molecule is CCCCCCCCCCC[C@H]1OC(=O)C2(CC3c4ccccc4C2c2ccccc23)[C@H]1C(=O)OC. The summed E-state index contributed by atoms with van der Waals surface area (Å²) in [6.07, 6.45) is 12.0. The van der Waals surface area contributed by atoms with Crippen LogP contribution in [0.5, 0.6) is 0 Å². The van der Waals surface area contributed by atoms with E-state index in [9.17, 15) is 9.59 Å². The molecule has 2 aromatic carbocycles. The van der Waals surface area contributed by atoms with Crippen molar-refractivity contribution in [3.63, 3.8) is 0 Å². The van der Waals surface area contributed by atoms with E-state index in [0.29, 0.717) is 6.42 Å². The van der Waals surface area contributed by atoms with E-state index in [-0.39, 0.29) is 23.8 Å². The highest BCUT2D eigenvalue weighted by Crippen LogP contribution is 2.66. The lowest BCUT2D eigenvalue weighted by molar-refractivity contribution is -0.155. The topological polar surface area (TPSA) is 52.6 Å². The average Bonchev–Trinajstić information content (AvgIpc) is 3.17. The van der Waals surface area contributed by atoms with E-state index in [0.717, 1.165) is 19.3 Å². The maximum absolute atomic E-state index is 13.8. The summed E-state index contributed by atoms with van der Waals surface area (Å²) in [5.41, 5.74) is 4.00. The predicted octanol–water partition coefficient (Wildman–Crippen LogP) is 7.29. The summed E-state index contributed by atoms with van der Waals surface area (Å²) >= 11 is 0. The maximum Gasteiger partial charge on any atom is 0.314 e. The average molecular weight is 489 g/mol. The van der Waals surface area contributed by atoms with Crippen molar-refractivity contribution in [3.8, 4) is 0 Å². The molecule has 1 heterocycles. The van der Waals surface area contributed by atoms with Gasteiger partial charge in [-0.3, -0.25) is 9.59 Å². The molecule has 1 fully saturated rings. The molecule has 3 atom stereocenters. The molecular formula is C32H40O4. The van der Waals surface area contributed by atoms with Crippen molar-refractivity contribution < 1.29 is 19.1 Å². The van der Waals surface area contributed by atoms with E-state index in [2.05, 4.69) is 43.3 Å². The van der Waals surface area contributed by atoms with Gasteiger partial charge in [0.05, 0.1) is 12.5 Å². The van der Waals surface area contributed by atoms with Crippen LogP contribution >= 0.6 is 0 Å². The fraction of sp³-hybridized carbons (Fsp3) is 0.562. The Kier molecular flexibility index (Phi) is 7.50. The van der Waals surface area contributed by atoms with Crippen LogP contribution in [0.25, 0.3) is 0 Å². The standard InChI is InChI=1S/C32H40O4/c1-3-4-5-6-7-8-9-10-11-20-27-29(30(33)35-2)32(31(34)36-27)21-26-22-16-12-14-18-24(22)28(32)25-19-15-13-17-23(25)26/h12-19,26-29H,3-11,20-21H2,1-2H3/t26?,27-,28?,29-,32?/m1/s1. The summed E-state index contributed by atoms with van der Waals surface area (Å²) in [4.78, 5) is 27.2. The van der Waals surface area contributed by atoms with Crippen molar-refractivity contribution in [2.45, 2.75) is 95.5 Å². The molecule has 1 saturated heterocycles. The summed E-state index contributed by atoms with van der Waals surface area (Å²) in [6, 6.07) is 16.9. The van der Waals surface area contributed by atoms with Crippen molar-refractivity contribution in [2.75, 3.05) is 7.11 Å². The molecular weight excluding hydrogens is 448 g/mol. The van der Waals surface area contributed by atoms with Crippen LogP contribution in [0.1, 0.15) is 112 Å². The van der Waals surface area contributed by atoms with Gasteiger partial charge in [-0.25, -0.2) is 0 Å². The normalized spacial score (nSPS) is 27.6. The van der Waals surface area contributed by atoms with Gasteiger partial charge in [-0.2, -0.15) is 0 Å². The van der Waals surface area contributed by atoms with E-state index in [1.807, 2.05) is 12.1 Å². The monoisotopic (exact) mass is 488 g/mol. The molecule has 4 aliphatic rings. The first kappa shape index (κ1) is 25.0. The van der Waals surface area contributed by atoms with Gasteiger partial charge in [-0.1, -0.05) is 107 Å². The highest BCUT2D eigenvalue weighted by Gasteiger charge is 2.69. The third kappa shape index (κ3) is 4.17. The second-order valence-electron chi connectivity index (χ2n) is 11.0. The van der Waals surface area contributed by atoms with Gasteiger partial charge in [-0.05, 0) is 41.5 Å². The fourth-order valence-corrected chi connectivity index (χ4v) is 7.40. The first-order chi connectivity index (χ1) is 17.6. The van der Waals surface area contributed by atoms with Gasteiger partial charge in [0.15, 0.2) is 0 Å². The van der Waals surface area contributed by atoms with E-state index in [1.54, 1.807) is 0 Å². The molecule has 4 nitrogen and oxygen atoms in total. The van der Waals surface area contributed by atoms with Crippen LogP contribution in [0.3, 0.4) is 0 Å². The Morgan fingerprint density at radius 1 is 0.861 bits per heavy atom. The van der Waals surface area contributed by atoms with Crippen molar-refractivity contribution in [1.82, 2.24) is 0 Å². The molecule has 6 rings (SSSR count). The summed E-state index contributed by atoms with van der Waals surface area (Å²) in [5.74, 6) is -1.17. The van der Waals surface area contributed by atoms with Gasteiger partial charge in [-0.15, -0.1) is 0 Å². The first-order valence-corrected chi connectivity index (χ1v) is 14.1. The van der Waals surface area contributed by atoms with Gasteiger partial charge < -0.3 is 9.47 Å². The number of unbranched alkanes of at least 4 members (excludes halogenated alkanes) is 8. The van der Waals surface area contributed by atoms with Crippen LogP contribution in [0.2, 0.25) is 0 Å². The third-order valence-electron chi connectivity index (χ3n) is 9.03. The number of hydrogen-bond acceptors (Lipinski definition) is 4. The van der Waals surface area contributed by atoms with Crippen molar-refractivity contribution >= 4 is 11.9 Å². The van der Waals surface area contributed by atoms with Crippen molar-refractivity contribution in [1.29, 1.82) is 0 Å². The second kappa shape index (κ2) is 10.8. The largest absolute Gasteiger partial charge is 0.469 e. The Labute approximate surface area is 215 Å². The lowest BCUT2D eigenvalue weighted by Gasteiger charge is -2.51. The van der Waals surface area contributed by atoms with E-state index in [4.69, 9.17) is 9.47 Å². The molecule has 0 saturated carbocycles. The van der Waals surface area contributed by atoms with Crippen LogP contribution in [-0.2, 0) is 19.1 Å². The summed E-state index contributed by atoms with van der Waals surface area (Å²) in [7, 11) is 1.44. The number of carbonyl (C=O) groups excluding carboxylic acids is 2. The lowest BCUT2D eigenvalue weighted by Crippen LogP contribution is -2.51. The number of rotatable bonds is 11. The minimum Gasteiger partial charge on any atom is -0.469 e. The molecule has 1 unspecified atom stereocenters. The Morgan fingerprint density at radius 3 is 1.94 bits per heavy atom. The third-order valence-corrected chi connectivity index (χ3v) is 9.03. The number of carbonyl (C=O) groups is 2. The summed E-state index contributed by atoms with van der Waals surface area (Å²) < 4.78 is 11.4.